The summed E-state index contributed by atoms with van der Waals surface area (Å²) in [7, 11) is -3.04. The highest BCUT2D eigenvalue weighted by Crippen LogP contribution is 2.41. The van der Waals surface area contributed by atoms with Crippen molar-refractivity contribution in [3.8, 4) is 0 Å². The maximum Gasteiger partial charge on any atom is 0.251 e. The van der Waals surface area contributed by atoms with E-state index >= 15 is 0 Å². The second-order valence-corrected chi connectivity index (χ2v) is 9.95. The number of aliphatic imine (C=N–C) groups is 1. The van der Waals surface area contributed by atoms with Crippen LogP contribution in [0.25, 0.3) is 0 Å². The number of rotatable bonds is 2. The standard InChI is InChI=1S/C15H15ClN2O3S2/c16-10-3-5-11(6-4-10)18-12-7-23(20,21)8-13(12)22-15(18)17-14(19)9-1-2-9/h3-6,9,12-13H,1-2,7-8H2. The van der Waals surface area contributed by atoms with Gasteiger partial charge in [-0.15, -0.1) is 0 Å². The number of fused-ring (bicyclic) bond motifs is 1. The van der Waals surface area contributed by atoms with Crippen LogP contribution in [-0.4, -0.2) is 42.3 Å². The van der Waals surface area contributed by atoms with Gasteiger partial charge in [0, 0.05) is 21.9 Å². The Balaban J connectivity index is 1.71. The van der Waals surface area contributed by atoms with Gasteiger partial charge in [0.1, 0.15) is 0 Å². The van der Waals surface area contributed by atoms with Crippen LogP contribution in [-0.2, 0) is 14.6 Å². The minimum Gasteiger partial charge on any atom is -0.316 e. The summed E-state index contributed by atoms with van der Waals surface area (Å²) in [6.07, 6.45) is 1.81. The Morgan fingerprint density at radius 1 is 1.22 bits per heavy atom. The molecule has 2 unspecified atom stereocenters. The lowest BCUT2D eigenvalue weighted by atomic mass is 10.2. The number of amidine groups is 1. The number of carbonyl (C=O) groups excluding carboxylic acids is 1. The van der Waals surface area contributed by atoms with Crippen molar-refractivity contribution in [3.05, 3.63) is 29.3 Å². The summed E-state index contributed by atoms with van der Waals surface area (Å²) in [6.45, 7) is 0. The highest BCUT2D eigenvalue weighted by molar-refractivity contribution is 8.16. The zero-order chi connectivity index (χ0) is 16.2. The van der Waals surface area contributed by atoms with Crippen LogP contribution in [0.15, 0.2) is 29.3 Å². The first-order valence-corrected chi connectivity index (χ1v) is 10.6. The molecule has 1 aliphatic carbocycles. The second kappa shape index (κ2) is 5.50. The fraction of sp³-hybridized carbons (Fsp3) is 0.467. The van der Waals surface area contributed by atoms with Crippen LogP contribution < -0.4 is 4.90 Å². The number of carbonyl (C=O) groups is 1. The Hall–Kier alpha value is -1.05. The first-order chi connectivity index (χ1) is 10.9. The summed E-state index contributed by atoms with van der Waals surface area (Å²) < 4.78 is 23.9. The van der Waals surface area contributed by atoms with Crippen molar-refractivity contribution in [2.24, 2.45) is 10.9 Å². The minimum absolute atomic E-state index is 0.0549. The quantitative estimate of drug-likeness (QED) is 0.799. The number of benzene rings is 1. The SMILES string of the molecule is O=C(N=C1SC2CS(=O)(=O)CC2N1c1ccc(Cl)cc1)C1CC1. The molecule has 1 aromatic carbocycles. The van der Waals surface area contributed by atoms with Crippen molar-refractivity contribution in [2.75, 3.05) is 16.4 Å². The van der Waals surface area contributed by atoms with Crippen molar-refractivity contribution in [1.29, 1.82) is 0 Å². The Morgan fingerprint density at radius 3 is 2.57 bits per heavy atom. The van der Waals surface area contributed by atoms with Crippen LogP contribution in [0.5, 0.6) is 0 Å². The Morgan fingerprint density at radius 2 is 1.91 bits per heavy atom. The first-order valence-electron chi connectivity index (χ1n) is 7.47. The third kappa shape index (κ3) is 3.02. The molecular weight excluding hydrogens is 356 g/mol. The molecule has 8 heteroatoms. The molecule has 4 rings (SSSR count). The normalized spacial score (nSPS) is 30.7. The number of sulfone groups is 1. The van der Waals surface area contributed by atoms with Gasteiger partial charge in [0.25, 0.3) is 5.91 Å². The fourth-order valence-electron chi connectivity index (χ4n) is 2.98. The van der Waals surface area contributed by atoms with E-state index in [2.05, 4.69) is 4.99 Å². The van der Waals surface area contributed by atoms with E-state index in [0.717, 1.165) is 18.5 Å². The molecule has 0 aromatic heterocycles. The van der Waals surface area contributed by atoms with E-state index in [1.807, 2.05) is 17.0 Å². The molecule has 3 aliphatic rings. The van der Waals surface area contributed by atoms with Crippen molar-refractivity contribution in [2.45, 2.75) is 24.1 Å². The van der Waals surface area contributed by atoms with Gasteiger partial charge in [-0.3, -0.25) is 4.79 Å². The monoisotopic (exact) mass is 370 g/mol. The zero-order valence-electron chi connectivity index (χ0n) is 12.2. The fourth-order valence-corrected chi connectivity index (χ4v) is 7.03. The van der Waals surface area contributed by atoms with Crippen LogP contribution in [0, 0.1) is 5.92 Å². The summed E-state index contributed by atoms with van der Waals surface area (Å²) in [6, 6.07) is 7.04. The van der Waals surface area contributed by atoms with E-state index in [4.69, 9.17) is 11.6 Å². The maximum atomic E-state index is 12.1. The number of hydrogen-bond donors (Lipinski definition) is 0. The number of amides is 1. The Labute approximate surface area is 144 Å². The Kier molecular flexibility index (Phi) is 3.70. The molecule has 3 fully saturated rings. The summed E-state index contributed by atoms with van der Waals surface area (Å²) >= 11 is 7.35. The average Bonchev–Trinajstić information content (AvgIpc) is 3.22. The molecule has 0 N–H and O–H groups in total. The molecule has 2 saturated heterocycles. The molecule has 1 aromatic rings. The summed E-state index contributed by atoms with van der Waals surface area (Å²) in [4.78, 5) is 18.3. The van der Waals surface area contributed by atoms with Crippen LogP contribution >= 0.6 is 23.4 Å². The lowest BCUT2D eigenvalue weighted by molar-refractivity contribution is -0.118. The topological polar surface area (TPSA) is 66.8 Å². The minimum atomic E-state index is -3.04. The average molecular weight is 371 g/mol. The first kappa shape index (κ1) is 15.5. The number of thioether (sulfide) groups is 1. The number of hydrogen-bond acceptors (Lipinski definition) is 4. The summed E-state index contributed by atoms with van der Waals surface area (Å²) in [5.74, 6) is 0.209. The van der Waals surface area contributed by atoms with Gasteiger partial charge in [0.05, 0.1) is 17.5 Å². The highest BCUT2D eigenvalue weighted by Gasteiger charge is 2.49. The van der Waals surface area contributed by atoms with Crippen LogP contribution in [0.2, 0.25) is 5.02 Å². The predicted molar refractivity (Wildman–Crippen MR) is 92.9 cm³/mol. The van der Waals surface area contributed by atoms with Gasteiger partial charge in [-0.05, 0) is 37.1 Å². The third-order valence-electron chi connectivity index (χ3n) is 4.30. The second-order valence-electron chi connectivity index (χ2n) is 6.15. The van der Waals surface area contributed by atoms with E-state index in [0.29, 0.717) is 10.2 Å². The van der Waals surface area contributed by atoms with Crippen molar-refractivity contribution < 1.29 is 13.2 Å². The maximum absolute atomic E-state index is 12.1. The van der Waals surface area contributed by atoms with Gasteiger partial charge >= 0.3 is 0 Å². The number of halogens is 1. The van der Waals surface area contributed by atoms with E-state index in [9.17, 15) is 13.2 Å². The van der Waals surface area contributed by atoms with Crippen LogP contribution in [0.1, 0.15) is 12.8 Å². The molecular formula is C15H15ClN2O3S2. The zero-order valence-corrected chi connectivity index (χ0v) is 14.6. The lowest BCUT2D eigenvalue weighted by Crippen LogP contribution is -2.37. The number of nitrogens with zero attached hydrogens (tertiary/aromatic N) is 2. The largest absolute Gasteiger partial charge is 0.316 e. The van der Waals surface area contributed by atoms with E-state index in [-0.39, 0.29) is 34.6 Å². The number of anilines is 1. The molecule has 2 heterocycles. The van der Waals surface area contributed by atoms with Gasteiger partial charge in [-0.25, -0.2) is 8.42 Å². The molecule has 5 nitrogen and oxygen atoms in total. The Bertz CT molecular complexity index is 787. The van der Waals surface area contributed by atoms with Gasteiger partial charge in [0.2, 0.25) is 0 Å². The third-order valence-corrected chi connectivity index (χ3v) is 7.77. The summed E-state index contributed by atoms with van der Waals surface area (Å²) in [5.41, 5.74) is 0.828. The van der Waals surface area contributed by atoms with Gasteiger partial charge in [-0.1, -0.05) is 23.4 Å². The molecule has 1 saturated carbocycles. The molecule has 1 amide bonds. The lowest BCUT2D eigenvalue weighted by Gasteiger charge is -2.24. The smallest absolute Gasteiger partial charge is 0.251 e. The molecule has 2 atom stereocenters. The van der Waals surface area contributed by atoms with Crippen molar-refractivity contribution in [3.63, 3.8) is 0 Å². The van der Waals surface area contributed by atoms with Gasteiger partial charge in [-0.2, -0.15) is 4.99 Å². The molecule has 23 heavy (non-hydrogen) atoms. The molecule has 0 radical (unpaired) electrons. The van der Waals surface area contributed by atoms with Crippen LogP contribution in [0.4, 0.5) is 5.69 Å². The van der Waals surface area contributed by atoms with Gasteiger partial charge < -0.3 is 4.90 Å². The predicted octanol–water partition coefficient (Wildman–Crippen LogP) is 2.35. The van der Waals surface area contributed by atoms with Crippen molar-refractivity contribution in [1.82, 2.24) is 0 Å². The highest BCUT2D eigenvalue weighted by atomic mass is 35.5. The van der Waals surface area contributed by atoms with E-state index < -0.39 is 9.84 Å². The summed E-state index contributed by atoms with van der Waals surface area (Å²) in [5, 5.41) is 1.17. The molecule has 0 spiro atoms. The van der Waals surface area contributed by atoms with Gasteiger partial charge in [0.15, 0.2) is 15.0 Å². The van der Waals surface area contributed by atoms with E-state index in [1.54, 1.807) is 12.1 Å². The molecule has 0 bridgehead atoms. The van der Waals surface area contributed by atoms with Crippen molar-refractivity contribution >= 4 is 50.0 Å². The molecule has 2 aliphatic heterocycles. The molecule has 122 valence electrons. The van der Waals surface area contributed by atoms with Crippen LogP contribution in [0.3, 0.4) is 0 Å². The van der Waals surface area contributed by atoms with E-state index in [1.165, 1.54) is 11.8 Å².